The van der Waals surface area contributed by atoms with Crippen molar-refractivity contribution >= 4 is 33.3 Å². The summed E-state index contributed by atoms with van der Waals surface area (Å²) in [5, 5.41) is 0.755. The van der Waals surface area contributed by atoms with Crippen molar-refractivity contribution < 1.29 is 4.79 Å². The largest absolute Gasteiger partial charge is 0.298 e. The topological polar surface area (TPSA) is 17.1 Å². The first kappa shape index (κ1) is 13.7. The fourth-order valence-corrected chi connectivity index (χ4v) is 2.76. The van der Waals surface area contributed by atoms with Crippen LogP contribution in [0.3, 0.4) is 0 Å². The number of rotatable bonds is 4. The third-order valence-electron chi connectivity index (χ3n) is 2.64. The SMILES string of the molecule is CCC(=O)C(Br)Cc1c(C)cc(C)cc1Cl. The van der Waals surface area contributed by atoms with Crippen LogP contribution in [0.2, 0.25) is 5.02 Å². The van der Waals surface area contributed by atoms with Gasteiger partial charge < -0.3 is 0 Å². The monoisotopic (exact) mass is 302 g/mol. The lowest BCUT2D eigenvalue weighted by molar-refractivity contribution is -0.118. The second-order valence-corrected chi connectivity index (χ2v) is 5.55. The van der Waals surface area contributed by atoms with Crippen molar-refractivity contribution in [1.82, 2.24) is 0 Å². The fourth-order valence-electron chi connectivity index (χ4n) is 1.72. The normalized spacial score (nSPS) is 12.6. The highest BCUT2D eigenvalue weighted by Gasteiger charge is 2.16. The summed E-state index contributed by atoms with van der Waals surface area (Å²) in [7, 11) is 0. The summed E-state index contributed by atoms with van der Waals surface area (Å²) >= 11 is 9.61. The number of halogens is 2. The first-order valence-corrected chi connectivity index (χ1v) is 6.67. The molecule has 16 heavy (non-hydrogen) atoms. The Kier molecular flexibility index (Phi) is 5.00. The molecule has 0 saturated heterocycles. The molecule has 0 bridgehead atoms. The van der Waals surface area contributed by atoms with E-state index in [1.54, 1.807) is 0 Å². The molecule has 0 radical (unpaired) electrons. The van der Waals surface area contributed by atoms with Gasteiger partial charge in [0.15, 0.2) is 0 Å². The summed E-state index contributed by atoms with van der Waals surface area (Å²) < 4.78 is 0. The maximum absolute atomic E-state index is 11.5. The van der Waals surface area contributed by atoms with Crippen molar-refractivity contribution in [2.24, 2.45) is 0 Å². The summed E-state index contributed by atoms with van der Waals surface area (Å²) in [6, 6.07) is 4.04. The predicted octanol–water partition coefficient (Wildman–Crippen LogP) is 4.24. The second-order valence-electron chi connectivity index (χ2n) is 4.03. The smallest absolute Gasteiger partial charge is 0.146 e. The first-order valence-electron chi connectivity index (χ1n) is 5.38. The Morgan fingerprint density at radius 1 is 1.44 bits per heavy atom. The average molecular weight is 304 g/mol. The molecule has 0 aromatic heterocycles. The molecule has 88 valence electrons. The molecular formula is C13H16BrClO. The van der Waals surface area contributed by atoms with E-state index in [0.717, 1.165) is 21.7 Å². The van der Waals surface area contributed by atoms with E-state index < -0.39 is 0 Å². The van der Waals surface area contributed by atoms with Crippen LogP contribution >= 0.6 is 27.5 Å². The minimum absolute atomic E-state index is 0.128. The molecule has 0 N–H and O–H groups in total. The lowest BCUT2D eigenvalue weighted by Gasteiger charge is -2.13. The zero-order valence-corrected chi connectivity index (χ0v) is 12.2. The molecule has 0 aliphatic carbocycles. The number of alkyl halides is 1. The first-order chi connectivity index (χ1) is 7.45. The third-order valence-corrected chi connectivity index (χ3v) is 3.82. The molecule has 0 spiro atoms. The van der Waals surface area contributed by atoms with Crippen LogP contribution in [0.4, 0.5) is 0 Å². The van der Waals surface area contributed by atoms with Crippen molar-refractivity contribution in [2.75, 3.05) is 0 Å². The van der Waals surface area contributed by atoms with Gasteiger partial charge in [-0.2, -0.15) is 0 Å². The molecule has 0 fully saturated rings. The summed E-state index contributed by atoms with van der Waals surface area (Å²) in [4.78, 5) is 11.4. The van der Waals surface area contributed by atoms with E-state index >= 15 is 0 Å². The minimum atomic E-state index is -0.128. The van der Waals surface area contributed by atoms with Crippen molar-refractivity contribution in [3.63, 3.8) is 0 Å². The van der Waals surface area contributed by atoms with Gasteiger partial charge in [0.1, 0.15) is 5.78 Å². The van der Waals surface area contributed by atoms with Crippen molar-refractivity contribution in [2.45, 2.75) is 38.4 Å². The zero-order valence-electron chi connectivity index (χ0n) is 9.81. The highest BCUT2D eigenvalue weighted by atomic mass is 79.9. The van der Waals surface area contributed by atoms with Gasteiger partial charge in [0.2, 0.25) is 0 Å². The molecular weight excluding hydrogens is 287 g/mol. The number of hydrogen-bond acceptors (Lipinski definition) is 1. The fraction of sp³-hybridized carbons (Fsp3) is 0.462. The standard InChI is InChI=1S/C13H16BrClO/c1-4-13(16)11(14)7-10-9(3)5-8(2)6-12(10)15/h5-6,11H,4,7H2,1-3H3. The average Bonchev–Trinajstić information content (AvgIpc) is 2.21. The quantitative estimate of drug-likeness (QED) is 0.760. The van der Waals surface area contributed by atoms with Crippen LogP contribution in [0.1, 0.15) is 30.0 Å². The Balaban J connectivity index is 2.93. The number of carbonyl (C=O) groups excluding carboxylic acids is 1. The van der Waals surface area contributed by atoms with Gasteiger partial charge in [-0.25, -0.2) is 0 Å². The number of aryl methyl sites for hydroxylation is 2. The van der Waals surface area contributed by atoms with Crippen LogP contribution in [0.5, 0.6) is 0 Å². The highest BCUT2D eigenvalue weighted by molar-refractivity contribution is 9.10. The van der Waals surface area contributed by atoms with E-state index in [-0.39, 0.29) is 10.6 Å². The predicted molar refractivity (Wildman–Crippen MR) is 72.6 cm³/mol. The maximum atomic E-state index is 11.5. The molecule has 1 aromatic rings. The lowest BCUT2D eigenvalue weighted by Crippen LogP contribution is -2.16. The van der Waals surface area contributed by atoms with E-state index in [9.17, 15) is 4.79 Å². The molecule has 1 nitrogen and oxygen atoms in total. The molecule has 0 aliphatic heterocycles. The van der Waals surface area contributed by atoms with E-state index in [2.05, 4.69) is 22.0 Å². The molecule has 0 aliphatic rings. The summed E-state index contributed by atoms with van der Waals surface area (Å²) in [6.45, 7) is 5.93. The highest BCUT2D eigenvalue weighted by Crippen LogP contribution is 2.25. The molecule has 1 unspecified atom stereocenters. The van der Waals surface area contributed by atoms with Crippen LogP contribution in [0.15, 0.2) is 12.1 Å². The van der Waals surface area contributed by atoms with Crippen LogP contribution in [0, 0.1) is 13.8 Å². The van der Waals surface area contributed by atoms with Crippen LogP contribution in [0.25, 0.3) is 0 Å². The van der Waals surface area contributed by atoms with Gasteiger partial charge in [-0.15, -0.1) is 0 Å². The molecule has 1 atom stereocenters. The van der Waals surface area contributed by atoms with Crippen LogP contribution in [-0.2, 0) is 11.2 Å². The van der Waals surface area contributed by atoms with E-state index in [1.807, 2.05) is 26.8 Å². The Bertz CT molecular complexity index is 378. The van der Waals surface area contributed by atoms with Gasteiger partial charge in [-0.05, 0) is 43.0 Å². The minimum Gasteiger partial charge on any atom is -0.298 e. The van der Waals surface area contributed by atoms with Gasteiger partial charge in [0.25, 0.3) is 0 Å². The molecule has 3 heteroatoms. The van der Waals surface area contributed by atoms with Crippen LogP contribution in [-0.4, -0.2) is 10.6 Å². The molecule has 0 saturated carbocycles. The van der Waals surface area contributed by atoms with Crippen molar-refractivity contribution in [3.8, 4) is 0 Å². The van der Waals surface area contributed by atoms with E-state index in [1.165, 1.54) is 0 Å². The molecule has 0 heterocycles. The number of Topliss-reactive ketones (excluding diaryl/α,β-unsaturated/α-hetero) is 1. The van der Waals surface area contributed by atoms with Gasteiger partial charge in [-0.1, -0.05) is 40.5 Å². The number of benzene rings is 1. The van der Waals surface area contributed by atoms with Crippen molar-refractivity contribution in [3.05, 3.63) is 33.8 Å². The number of carbonyl (C=O) groups is 1. The number of hydrogen-bond donors (Lipinski definition) is 0. The molecule has 1 aromatic carbocycles. The number of ketones is 1. The molecule has 1 rings (SSSR count). The summed E-state index contributed by atoms with van der Waals surface area (Å²) in [6.07, 6.45) is 1.22. The van der Waals surface area contributed by atoms with E-state index in [4.69, 9.17) is 11.6 Å². The van der Waals surface area contributed by atoms with Gasteiger partial charge in [0, 0.05) is 11.4 Å². The second kappa shape index (κ2) is 5.83. The van der Waals surface area contributed by atoms with Crippen LogP contribution < -0.4 is 0 Å². The third kappa shape index (κ3) is 3.33. The molecule has 0 amide bonds. The Labute approximate surface area is 110 Å². The van der Waals surface area contributed by atoms with E-state index in [0.29, 0.717) is 12.8 Å². The zero-order chi connectivity index (χ0) is 12.3. The summed E-state index contributed by atoms with van der Waals surface area (Å²) in [5.74, 6) is 0.219. The maximum Gasteiger partial charge on any atom is 0.146 e. The van der Waals surface area contributed by atoms with Crippen molar-refractivity contribution in [1.29, 1.82) is 0 Å². The summed E-state index contributed by atoms with van der Waals surface area (Å²) in [5.41, 5.74) is 3.37. The van der Waals surface area contributed by atoms with Gasteiger partial charge in [0.05, 0.1) is 4.83 Å². The van der Waals surface area contributed by atoms with Gasteiger partial charge >= 0.3 is 0 Å². The Hall–Kier alpha value is -0.340. The Morgan fingerprint density at radius 3 is 2.56 bits per heavy atom. The lowest BCUT2D eigenvalue weighted by atomic mass is 10.00. The Morgan fingerprint density at radius 2 is 2.06 bits per heavy atom. The van der Waals surface area contributed by atoms with Gasteiger partial charge in [-0.3, -0.25) is 4.79 Å².